The molecule has 0 radical (unpaired) electrons. The Morgan fingerprint density at radius 1 is 1.61 bits per heavy atom. The fourth-order valence-electron chi connectivity index (χ4n) is 1.77. The van der Waals surface area contributed by atoms with Crippen molar-refractivity contribution in [2.24, 2.45) is 0 Å². The van der Waals surface area contributed by atoms with Gasteiger partial charge < -0.3 is 4.74 Å². The Hall–Kier alpha value is -2.21. The van der Waals surface area contributed by atoms with Crippen LogP contribution in [-0.2, 0) is 17.8 Å². The molecule has 0 spiro atoms. The van der Waals surface area contributed by atoms with Gasteiger partial charge in [-0.05, 0) is 24.3 Å². The molecule has 0 aliphatic rings. The molecule has 1 aromatic heterocycles. The van der Waals surface area contributed by atoms with Crippen LogP contribution >= 0.6 is 0 Å². The molecule has 18 heavy (non-hydrogen) atoms. The van der Waals surface area contributed by atoms with Gasteiger partial charge in [0.15, 0.2) is 0 Å². The minimum absolute atomic E-state index is 0.0577. The largest absolute Gasteiger partial charge is 0.380 e. The molecule has 1 aromatic carbocycles. The fraction of sp³-hybridized carbons (Fsp3) is 0.250. The summed E-state index contributed by atoms with van der Waals surface area (Å²) in [6.45, 7) is 3.92. The van der Waals surface area contributed by atoms with Crippen molar-refractivity contribution in [1.29, 1.82) is 0 Å². The zero-order chi connectivity index (χ0) is 13.1. The highest BCUT2D eigenvalue weighted by Gasteiger charge is 2.13. The minimum Gasteiger partial charge on any atom is -0.380 e. The van der Waals surface area contributed by atoms with Crippen LogP contribution in [0.1, 0.15) is 11.3 Å². The number of hydrogen-bond acceptors (Lipinski definition) is 4. The highest BCUT2D eigenvalue weighted by atomic mass is 16.6. The van der Waals surface area contributed by atoms with Crippen LogP contribution in [0.3, 0.4) is 0 Å². The third-order valence-electron chi connectivity index (χ3n) is 2.65. The van der Waals surface area contributed by atoms with Gasteiger partial charge in [0.1, 0.15) is 0 Å². The van der Waals surface area contributed by atoms with Crippen LogP contribution in [0.4, 0.5) is 0 Å². The summed E-state index contributed by atoms with van der Waals surface area (Å²) in [4.78, 5) is 10.1. The van der Waals surface area contributed by atoms with Crippen molar-refractivity contribution in [2.75, 3.05) is 7.11 Å². The van der Waals surface area contributed by atoms with Gasteiger partial charge in [0.2, 0.25) is 5.70 Å². The first-order valence-corrected chi connectivity index (χ1v) is 5.39. The maximum atomic E-state index is 10.6. The minimum atomic E-state index is -0.480. The molecule has 1 N–H and O–H groups in total. The quantitative estimate of drug-likeness (QED) is 0.647. The Bertz CT molecular complexity index is 604. The summed E-state index contributed by atoms with van der Waals surface area (Å²) in [6.07, 6.45) is 0.153. The number of H-pyrrole nitrogens is 1. The number of methoxy groups -OCH3 is 1. The fourth-order valence-corrected chi connectivity index (χ4v) is 1.77. The lowest BCUT2D eigenvalue weighted by Gasteiger charge is -2.00. The van der Waals surface area contributed by atoms with Gasteiger partial charge in [0, 0.05) is 12.5 Å². The topological polar surface area (TPSA) is 81.0 Å². The van der Waals surface area contributed by atoms with E-state index in [1.54, 1.807) is 7.11 Å². The lowest BCUT2D eigenvalue weighted by Crippen LogP contribution is -2.01. The maximum Gasteiger partial charge on any atom is 0.245 e. The van der Waals surface area contributed by atoms with Crippen molar-refractivity contribution in [3.63, 3.8) is 0 Å². The first kappa shape index (κ1) is 12.3. The van der Waals surface area contributed by atoms with Gasteiger partial charge in [-0.3, -0.25) is 15.2 Å². The molecule has 0 fully saturated rings. The molecule has 0 saturated carbocycles. The normalized spacial score (nSPS) is 10.7. The number of aromatic nitrogens is 2. The molecule has 0 bridgehead atoms. The predicted octanol–water partition coefficient (Wildman–Crippen LogP) is 2.04. The van der Waals surface area contributed by atoms with E-state index in [-0.39, 0.29) is 12.1 Å². The molecule has 0 amide bonds. The molecule has 6 heteroatoms. The number of aromatic amines is 1. The summed E-state index contributed by atoms with van der Waals surface area (Å²) >= 11 is 0. The van der Waals surface area contributed by atoms with E-state index in [0.29, 0.717) is 12.3 Å². The highest BCUT2D eigenvalue weighted by Crippen LogP contribution is 2.20. The number of hydrogen-bond donors (Lipinski definition) is 1. The van der Waals surface area contributed by atoms with E-state index in [4.69, 9.17) is 4.74 Å². The number of nitrogens with one attached hydrogen (secondary N) is 1. The van der Waals surface area contributed by atoms with Crippen molar-refractivity contribution in [1.82, 2.24) is 10.2 Å². The summed E-state index contributed by atoms with van der Waals surface area (Å²) in [5.41, 5.74) is 2.42. The van der Waals surface area contributed by atoms with Gasteiger partial charge in [-0.1, -0.05) is 6.07 Å². The zero-order valence-corrected chi connectivity index (χ0v) is 9.97. The first-order chi connectivity index (χ1) is 8.61. The molecule has 0 atom stereocenters. The van der Waals surface area contributed by atoms with Crippen molar-refractivity contribution in [3.8, 4) is 0 Å². The van der Waals surface area contributed by atoms with Gasteiger partial charge in [0.25, 0.3) is 0 Å². The van der Waals surface area contributed by atoms with Crippen molar-refractivity contribution < 1.29 is 9.66 Å². The molecule has 0 aliphatic heterocycles. The van der Waals surface area contributed by atoms with Gasteiger partial charge in [-0.15, -0.1) is 0 Å². The van der Waals surface area contributed by atoms with E-state index in [9.17, 15) is 10.1 Å². The van der Waals surface area contributed by atoms with Crippen LogP contribution in [0.5, 0.6) is 0 Å². The Kier molecular flexibility index (Phi) is 3.38. The van der Waals surface area contributed by atoms with Crippen LogP contribution in [-0.4, -0.2) is 22.2 Å². The Balaban J connectivity index is 2.36. The van der Waals surface area contributed by atoms with E-state index in [2.05, 4.69) is 16.8 Å². The van der Waals surface area contributed by atoms with Crippen LogP contribution in [0.2, 0.25) is 0 Å². The number of nitro groups is 1. The van der Waals surface area contributed by atoms with Crippen LogP contribution < -0.4 is 0 Å². The average molecular weight is 247 g/mol. The monoisotopic (exact) mass is 247 g/mol. The summed E-state index contributed by atoms with van der Waals surface area (Å²) < 4.78 is 5.06. The summed E-state index contributed by atoms with van der Waals surface area (Å²) in [5, 5.41) is 18.4. The summed E-state index contributed by atoms with van der Waals surface area (Å²) in [6, 6.07) is 5.70. The van der Waals surface area contributed by atoms with Gasteiger partial charge >= 0.3 is 0 Å². The van der Waals surface area contributed by atoms with Crippen LogP contribution in [0.25, 0.3) is 10.9 Å². The number of fused-ring (bicyclic) bond motifs is 1. The third kappa shape index (κ3) is 2.38. The van der Waals surface area contributed by atoms with Crippen LogP contribution in [0, 0.1) is 10.1 Å². The third-order valence-corrected chi connectivity index (χ3v) is 2.65. The van der Waals surface area contributed by atoms with E-state index < -0.39 is 4.92 Å². The van der Waals surface area contributed by atoms with Crippen molar-refractivity contribution in [2.45, 2.75) is 13.0 Å². The van der Waals surface area contributed by atoms with Gasteiger partial charge in [-0.2, -0.15) is 5.10 Å². The number of allylic oxidation sites excluding steroid dienone is 1. The maximum absolute atomic E-state index is 10.6. The van der Waals surface area contributed by atoms with E-state index in [1.807, 2.05) is 18.2 Å². The second-order valence-corrected chi connectivity index (χ2v) is 3.99. The van der Waals surface area contributed by atoms with Gasteiger partial charge in [0.05, 0.1) is 29.2 Å². The molecule has 1 heterocycles. The number of nitrogens with zero attached hydrogens (tertiary/aromatic N) is 2. The van der Waals surface area contributed by atoms with Crippen LogP contribution in [0.15, 0.2) is 30.5 Å². The summed E-state index contributed by atoms with van der Waals surface area (Å²) in [5.74, 6) is 0. The van der Waals surface area contributed by atoms with E-state index in [0.717, 1.165) is 16.5 Å². The molecule has 6 nitrogen and oxygen atoms in total. The lowest BCUT2D eigenvalue weighted by molar-refractivity contribution is -0.426. The smallest absolute Gasteiger partial charge is 0.245 e. The molecule has 0 unspecified atom stereocenters. The van der Waals surface area contributed by atoms with Gasteiger partial charge in [-0.25, -0.2) is 0 Å². The molecular weight excluding hydrogens is 234 g/mol. The van der Waals surface area contributed by atoms with E-state index >= 15 is 0 Å². The average Bonchev–Trinajstić information content (AvgIpc) is 2.72. The number of ether oxygens (including phenoxy) is 1. The first-order valence-electron chi connectivity index (χ1n) is 5.39. The summed E-state index contributed by atoms with van der Waals surface area (Å²) in [7, 11) is 1.62. The van der Waals surface area contributed by atoms with Crippen molar-refractivity contribution >= 4 is 10.9 Å². The second kappa shape index (κ2) is 4.97. The molecule has 0 aliphatic carbocycles. The number of rotatable bonds is 5. The zero-order valence-electron chi connectivity index (χ0n) is 9.97. The SMILES string of the molecule is C=C(Cc1[nH]nc2ccc(COC)cc12)[N+](=O)[O-]. The number of benzene rings is 1. The lowest BCUT2D eigenvalue weighted by atomic mass is 10.1. The van der Waals surface area contributed by atoms with E-state index in [1.165, 1.54) is 0 Å². The molecule has 94 valence electrons. The molecule has 2 aromatic rings. The Morgan fingerprint density at radius 2 is 2.39 bits per heavy atom. The molecular formula is C12H13N3O3. The Labute approximate surface area is 103 Å². The molecule has 0 saturated heterocycles. The highest BCUT2D eigenvalue weighted by molar-refractivity contribution is 5.82. The Morgan fingerprint density at radius 3 is 3.06 bits per heavy atom. The molecule has 2 rings (SSSR count). The van der Waals surface area contributed by atoms with Crippen molar-refractivity contribution in [3.05, 3.63) is 51.8 Å². The standard InChI is InChI=1S/C12H13N3O3/c1-8(15(16)17)5-12-10-6-9(7-18-2)3-4-11(10)13-14-12/h3-4,6H,1,5,7H2,2H3,(H,13,14). The second-order valence-electron chi connectivity index (χ2n) is 3.99. The predicted molar refractivity (Wildman–Crippen MR) is 66.6 cm³/mol.